The van der Waals surface area contributed by atoms with Crippen molar-refractivity contribution in [1.82, 2.24) is 9.78 Å². The normalized spacial score (nSPS) is 10.7. The average Bonchev–Trinajstić information content (AvgIpc) is 3.10. The fraction of sp³-hybridized carbons (Fsp3) is 0. The van der Waals surface area contributed by atoms with E-state index in [1.165, 1.54) is 41.4 Å². The van der Waals surface area contributed by atoms with Gasteiger partial charge in [0.1, 0.15) is 11.6 Å². The molecule has 6 heteroatoms. The summed E-state index contributed by atoms with van der Waals surface area (Å²) in [6.07, 6.45) is 2.99. The minimum absolute atomic E-state index is 0.0836. The smallest absolute Gasteiger partial charge is 0.356 e. The van der Waals surface area contributed by atoms with Crippen LogP contribution in [0, 0.1) is 5.82 Å². The third kappa shape index (κ3) is 2.07. The Labute approximate surface area is 112 Å². The molecule has 0 radical (unpaired) electrons. The predicted molar refractivity (Wildman–Crippen MR) is 68.2 cm³/mol. The molecule has 0 amide bonds. The summed E-state index contributed by atoms with van der Waals surface area (Å²) in [5.41, 5.74) is 0.948. The highest BCUT2D eigenvalue weighted by Gasteiger charge is 2.14. The number of carbonyl (C=O) groups is 1. The van der Waals surface area contributed by atoms with E-state index in [-0.39, 0.29) is 5.69 Å². The molecular weight excluding hydrogens is 263 g/mol. The maximum Gasteiger partial charge on any atom is 0.356 e. The van der Waals surface area contributed by atoms with Crippen LogP contribution in [0.1, 0.15) is 10.5 Å². The first-order chi connectivity index (χ1) is 9.65. The maximum absolute atomic E-state index is 13.4. The summed E-state index contributed by atoms with van der Waals surface area (Å²) in [6, 6.07) is 8.87. The zero-order chi connectivity index (χ0) is 14.1. The van der Waals surface area contributed by atoms with Crippen LogP contribution in [0.3, 0.4) is 0 Å². The van der Waals surface area contributed by atoms with Crippen LogP contribution in [0.15, 0.2) is 53.3 Å². The first-order valence-corrected chi connectivity index (χ1v) is 5.78. The number of carboxylic acid groups (broad SMARTS) is 1. The van der Waals surface area contributed by atoms with E-state index in [0.717, 1.165) is 0 Å². The van der Waals surface area contributed by atoms with E-state index in [1.807, 2.05) is 0 Å². The van der Waals surface area contributed by atoms with Crippen LogP contribution >= 0.6 is 0 Å². The van der Waals surface area contributed by atoms with Crippen molar-refractivity contribution < 1.29 is 18.7 Å². The Kier molecular flexibility index (Phi) is 2.83. The molecule has 0 bridgehead atoms. The van der Waals surface area contributed by atoms with Crippen molar-refractivity contribution in [2.24, 2.45) is 0 Å². The quantitative estimate of drug-likeness (QED) is 0.795. The van der Waals surface area contributed by atoms with Gasteiger partial charge in [-0.3, -0.25) is 0 Å². The second-order valence-electron chi connectivity index (χ2n) is 4.09. The highest BCUT2D eigenvalue weighted by atomic mass is 19.1. The number of halogens is 1. The van der Waals surface area contributed by atoms with Gasteiger partial charge in [0.25, 0.3) is 0 Å². The lowest BCUT2D eigenvalue weighted by atomic mass is 10.1. The van der Waals surface area contributed by atoms with E-state index < -0.39 is 11.8 Å². The molecule has 20 heavy (non-hydrogen) atoms. The number of aromatic carboxylic acids is 1. The van der Waals surface area contributed by atoms with Gasteiger partial charge in [0.2, 0.25) is 0 Å². The number of aromatic nitrogens is 2. The van der Waals surface area contributed by atoms with Crippen LogP contribution in [0.25, 0.3) is 17.0 Å². The van der Waals surface area contributed by atoms with Crippen molar-refractivity contribution in [2.75, 3.05) is 0 Å². The third-order valence-electron chi connectivity index (χ3n) is 2.80. The van der Waals surface area contributed by atoms with E-state index in [2.05, 4.69) is 5.10 Å². The second-order valence-corrected chi connectivity index (χ2v) is 4.09. The molecule has 0 aliphatic rings. The Hall–Kier alpha value is -2.89. The lowest BCUT2D eigenvalue weighted by molar-refractivity contribution is 0.0690. The van der Waals surface area contributed by atoms with Crippen molar-refractivity contribution in [1.29, 1.82) is 0 Å². The van der Waals surface area contributed by atoms with Crippen molar-refractivity contribution in [3.8, 4) is 17.0 Å². The van der Waals surface area contributed by atoms with Crippen molar-refractivity contribution in [3.63, 3.8) is 0 Å². The monoisotopic (exact) mass is 272 g/mol. The van der Waals surface area contributed by atoms with Gasteiger partial charge in [-0.2, -0.15) is 5.10 Å². The molecule has 2 aromatic heterocycles. The molecular formula is C14H9FN2O3. The van der Waals surface area contributed by atoms with Crippen LogP contribution in [0.4, 0.5) is 4.39 Å². The Morgan fingerprint density at radius 3 is 2.80 bits per heavy atom. The lowest BCUT2D eigenvalue weighted by Gasteiger charge is -2.07. The van der Waals surface area contributed by atoms with Gasteiger partial charge in [0, 0.05) is 11.8 Å². The van der Waals surface area contributed by atoms with Gasteiger partial charge in [-0.1, -0.05) is 0 Å². The molecule has 0 aliphatic carbocycles. The number of rotatable bonds is 3. The van der Waals surface area contributed by atoms with Crippen molar-refractivity contribution >= 4 is 5.97 Å². The molecule has 1 aromatic carbocycles. The lowest BCUT2D eigenvalue weighted by Crippen LogP contribution is -2.02. The predicted octanol–water partition coefficient (Wildman–Crippen LogP) is 2.97. The molecule has 0 atom stereocenters. The van der Waals surface area contributed by atoms with E-state index in [1.54, 1.807) is 12.1 Å². The second kappa shape index (κ2) is 4.65. The van der Waals surface area contributed by atoms with E-state index in [0.29, 0.717) is 17.0 Å². The van der Waals surface area contributed by atoms with Gasteiger partial charge in [-0.05, 0) is 36.4 Å². The van der Waals surface area contributed by atoms with Gasteiger partial charge in [0.05, 0.1) is 12.0 Å². The van der Waals surface area contributed by atoms with Crippen LogP contribution in [0.5, 0.6) is 0 Å². The van der Waals surface area contributed by atoms with Gasteiger partial charge in [-0.15, -0.1) is 0 Å². The maximum atomic E-state index is 13.4. The zero-order valence-electron chi connectivity index (χ0n) is 10.2. The Bertz CT molecular complexity index is 763. The van der Waals surface area contributed by atoms with E-state index in [9.17, 15) is 9.18 Å². The topological polar surface area (TPSA) is 68.3 Å². The fourth-order valence-electron chi connectivity index (χ4n) is 1.91. The Balaban J connectivity index is 2.15. The van der Waals surface area contributed by atoms with Gasteiger partial charge in [-0.25, -0.2) is 13.9 Å². The highest BCUT2D eigenvalue weighted by Crippen LogP contribution is 2.27. The average molecular weight is 272 g/mol. The van der Waals surface area contributed by atoms with Crippen molar-refractivity contribution in [2.45, 2.75) is 0 Å². The van der Waals surface area contributed by atoms with Gasteiger partial charge >= 0.3 is 5.97 Å². The molecule has 0 aliphatic heterocycles. The summed E-state index contributed by atoms with van der Waals surface area (Å²) >= 11 is 0. The van der Waals surface area contributed by atoms with Gasteiger partial charge < -0.3 is 9.52 Å². The largest absolute Gasteiger partial charge is 0.476 e. The number of benzene rings is 1. The minimum atomic E-state index is -1.12. The Morgan fingerprint density at radius 1 is 1.30 bits per heavy atom. The molecule has 2 heterocycles. The molecule has 0 spiro atoms. The van der Waals surface area contributed by atoms with E-state index >= 15 is 0 Å². The van der Waals surface area contributed by atoms with Crippen molar-refractivity contribution in [3.05, 3.63) is 60.4 Å². The molecule has 0 saturated heterocycles. The van der Waals surface area contributed by atoms with Gasteiger partial charge in [0.15, 0.2) is 5.69 Å². The first kappa shape index (κ1) is 12.2. The standard InChI is InChI=1S/C14H9FN2O3/c15-9-3-4-12(10(8-9)13-2-1-7-20-13)17-6-5-11(16-17)14(18)19/h1-8H,(H,18,19). The first-order valence-electron chi connectivity index (χ1n) is 5.78. The van der Waals surface area contributed by atoms with E-state index in [4.69, 9.17) is 9.52 Å². The number of carboxylic acids is 1. The summed E-state index contributed by atoms with van der Waals surface area (Å²) < 4.78 is 20.1. The number of nitrogens with zero attached hydrogens (tertiary/aromatic N) is 2. The van der Waals surface area contributed by atoms with Crippen LogP contribution in [0.2, 0.25) is 0 Å². The van der Waals surface area contributed by atoms with Crippen LogP contribution in [-0.4, -0.2) is 20.9 Å². The summed E-state index contributed by atoms with van der Waals surface area (Å²) in [5.74, 6) is -1.05. The number of furan rings is 1. The number of hydrogen-bond acceptors (Lipinski definition) is 3. The molecule has 3 rings (SSSR count). The molecule has 100 valence electrons. The Morgan fingerprint density at radius 2 is 2.15 bits per heavy atom. The third-order valence-corrected chi connectivity index (χ3v) is 2.80. The number of hydrogen-bond donors (Lipinski definition) is 1. The molecule has 1 N–H and O–H groups in total. The fourth-order valence-corrected chi connectivity index (χ4v) is 1.91. The molecule has 0 unspecified atom stereocenters. The zero-order valence-corrected chi connectivity index (χ0v) is 10.2. The molecule has 0 saturated carbocycles. The molecule has 5 nitrogen and oxygen atoms in total. The van der Waals surface area contributed by atoms with Crippen LogP contribution < -0.4 is 0 Å². The van der Waals surface area contributed by atoms with Crippen LogP contribution in [-0.2, 0) is 0 Å². The summed E-state index contributed by atoms with van der Waals surface area (Å²) in [4.78, 5) is 10.9. The summed E-state index contributed by atoms with van der Waals surface area (Å²) in [5, 5.41) is 12.8. The molecule has 0 fully saturated rings. The summed E-state index contributed by atoms with van der Waals surface area (Å²) in [7, 11) is 0. The molecule has 3 aromatic rings. The minimum Gasteiger partial charge on any atom is -0.476 e. The SMILES string of the molecule is O=C(O)c1ccn(-c2ccc(F)cc2-c2ccco2)n1. The summed E-state index contributed by atoms with van der Waals surface area (Å²) in [6.45, 7) is 0. The highest BCUT2D eigenvalue weighted by molar-refractivity contribution is 5.85.